The van der Waals surface area contributed by atoms with Crippen LogP contribution in [0.4, 0.5) is 0 Å². The van der Waals surface area contributed by atoms with Crippen LogP contribution >= 0.6 is 0 Å². The summed E-state index contributed by atoms with van der Waals surface area (Å²) < 4.78 is 17.0. The Kier molecular flexibility index (Phi) is 30.9. The fraction of sp³-hybridized carbons (Fsp3) is 0.815. The second-order valence-corrected chi connectivity index (χ2v) is 27.5. The van der Waals surface area contributed by atoms with Crippen LogP contribution in [0.25, 0.3) is 0 Å². The summed E-state index contributed by atoms with van der Waals surface area (Å²) >= 11 is 0. The van der Waals surface area contributed by atoms with Gasteiger partial charge < -0.3 is 67.2 Å². The van der Waals surface area contributed by atoms with E-state index in [1.165, 1.54) is 27.7 Å². The average molecular weight is 1270 g/mol. The highest BCUT2D eigenvalue weighted by atomic mass is 16.6. The Morgan fingerprint density at radius 2 is 0.511 bits per heavy atom. The molecule has 0 aromatic rings. The van der Waals surface area contributed by atoms with Crippen molar-refractivity contribution < 1.29 is 76.9 Å². The summed E-state index contributed by atoms with van der Waals surface area (Å²) in [6.07, 6.45) is 7.26. The first-order chi connectivity index (χ1) is 42.3. The van der Waals surface area contributed by atoms with Gasteiger partial charge in [0.2, 0.25) is 35.4 Å². The van der Waals surface area contributed by atoms with Crippen molar-refractivity contribution in [1.29, 1.82) is 0 Å². The van der Waals surface area contributed by atoms with E-state index in [9.17, 15) is 62.6 Å². The Hall–Kier alpha value is -6.40. The molecule has 1 aliphatic heterocycles. The molecule has 0 unspecified atom stereocenters. The van der Waals surface area contributed by atoms with E-state index in [0.29, 0.717) is 0 Å². The molecule has 3 saturated carbocycles. The Labute approximate surface area is 532 Å². The molecule has 10 N–H and O–H groups in total. The number of carbonyl (C=O) groups excluding carboxylic acids is 12. The van der Waals surface area contributed by atoms with Crippen molar-refractivity contribution in [3.05, 3.63) is 0 Å². The number of cyclic esters (lactones) is 3. The topological polar surface area (TPSA) is 361 Å². The predicted molar refractivity (Wildman–Crippen MR) is 333 cm³/mol. The first-order valence-corrected chi connectivity index (χ1v) is 33.3. The smallest absolute Gasteiger partial charge is 0.329 e. The molecule has 0 spiro atoms. The van der Waals surface area contributed by atoms with Crippen molar-refractivity contribution >= 4 is 71.1 Å². The second-order valence-electron chi connectivity index (χ2n) is 27.5. The van der Waals surface area contributed by atoms with Crippen LogP contribution in [0.2, 0.25) is 0 Å². The standard InChI is InChI=1S/C65H109N9O16/c1-33(2)48-60(82)66-45(30-42-24-18-15-19-25-42)57(79)71-50(35(5)6)63(85)88-39(12)54(76)69-49(34(3)4)61(83)67-46(31-43-26-20-16-21-27-43)58(80)72-52(37(9)10)65(87)90-41(14)56(78)74-53(38(11)75)62(84)68-47(32-44-28-22-17-23-29-44)59(81)73-51(36(7)8)64(86)89-40(13)55(77)70-48/h33-53,75H,15-32H2,1-14H3,(H,66,82)(H,67,83)(H,68,84)(H,69,76)(H,70,77)(H,71,79)(H,72,80)(H,73,81)(H,74,78)/t38-,39+,40+,41+,45-,46-,47-,48+,49+,50-,51-,52-,53+/m1/s1. The lowest BCUT2D eigenvalue weighted by atomic mass is 9.84. The third-order valence-electron chi connectivity index (χ3n) is 18.0. The van der Waals surface area contributed by atoms with E-state index in [-0.39, 0.29) is 37.0 Å². The van der Waals surface area contributed by atoms with Crippen molar-refractivity contribution in [2.24, 2.45) is 47.3 Å². The monoisotopic (exact) mass is 1270 g/mol. The van der Waals surface area contributed by atoms with Gasteiger partial charge in [-0.25, -0.2) is 14.4 Å². The predicted octanol–water partition coefficient (Wildman–Crippen LogP) is 3.73. The third-order valence-corrected chi connectivity index (χ3v) is 18.0. The number of esters is 3. The van der Waals surface area contributed by atoms with Crippen LogP contribution in [0.1, 0.15) is 213 Å². The molecule has 0 radical (unpaired) electrons. The van der Waals surface area contributed by atoms with Crippen molar-refractivity contribution in [3.63, 3.8) is 0 Å². The lowest BCUT2D eigenvalue weighted by Gasteiger charge is -2.32. The summed E-state index contributed by atoms with van der Waals surface area (Å²) in [5.74, 6) is -13.4. The Balaban J connectivity index is 1.76. The number of rotatable bonds is 12. The molecule has 4 aliphatic rings. The van der Waals surface area contributed by atoms with Crippen molar-refractivity contribution in [1.82, 2.24) is 47.9 Å². The van der Waals surface area contributed by atoms with Crippen LogP contribution in [0.15, 0.2) is 0 Å². The molecule has 13 atom stereocenters. The molecule has 3 aliphatic carbocycles. The zero-order chi connectivity index (χ0) is 67.3. The van der Waals surface area contributed by atoms with Crippen LogP contribution in [-0.2, 0) is 71.7 Å². The lowest BCUT2D eigenvalue weighted by Crippen LogP contribution is -2.60. The van der Waals surface area contributed by atoms with Crippen molar-refractivity contribution in [3.8, 4) is 0 Å². The number of carbonyl (C=O) groups is 12. The maximum Gasteiger partial charge on any atom is 0.329 e. The van der Waals surface area contributed by atoms with Crippen molar-refractivity contribution in [2.45, 2.75) is 291 Å². The zero-order valence-electron chi connectivity index (χ0n) is 55.9. The van der Waals surface area contributed by atoms with Gasteiger partial charge >= 0.3 is 17.9 Å². The maximum atomic E-state index is 14.5. The highest BCUT2D eigenvalue weighted by Gasteiger charge is 2.41. The fourth-order valence-corrected chi connectivity index (χ4v) is 12.2. The fourth-order valence-electron chi connectivity index (χ4n) is 12.2. The summed E-state index contributed by atoms with van der Waals surface area (Å²) in [5, 5.41) is 35.2. The Morgan fingerprint density at radius 1 is 0.300 bits per heavy atom. The average Bonchev–Trinajstić information content (AvgIpc) is 1.44. The van der Waals surface area contributed by atoms with Gasteiger partial charge in [-0.05, 0) is 94.3 Å². The summed E-state index contributed by atoms with van der Waals surface area (Å²) in [4.78, 5) is 170. The molecule has 0 aromatic heterocycles. The van der Waals surface area contributed by atoms with Crippen LogP contribution in [-0.4, -0.2) is 155 Å². The second kappa shape index (κ2) is 36.6. The van der Waals surface area contributed by atoms with Gasteiger partial charge in [-0.15, -0.1) is 0 Å². The minimum Gasteiger partial charge on any atom is -0.451 e. The number of aliphatic hydroxyl groups excluding tert-OH is 1. The summed E-state index contributed by atoms with van der Waals surface area (Å²) in [7, 11) is 0. The number of ether oxygens (including phenoxy) is 3. The zero-order valence-corrected chi connectivity index (χ0v) is 55.9. The molecule has 1 heterocycles. The highest BCUT2D eigenvalue weighted by Crippen LogP contribution is 2.30. The molecule has 4 rings (SSSR count). The summed E-state index contributed by atoms with van der Waals surface area (Å²) in [5.41, 5.74) is 0. The van der Waals surface area contributed by atoms with E-state index in [4.69, 9.17) is 14.2 Å². The molecule has 25 nitrogen and oxygen atoms in total. The van der Waals surface area contributed by atoms with Gasteiger partial charge in [0.25, 0.3) is 17.7 Å². The number of nitrogens with one attached hydrogen (secondary N) is 9. The molecule has 510 valence electrons. The molecule has 0 bridgehead atoms. The van der Waals surface area contributed by atoms with Crippen LogP contribution in [0, 0.1) is 47.3 Å². The minimum atomic E-state index is -1.70. The van der Waals surface area contributed by atoms with Gasteiger partial charge in [0.05, 0.1) is 6.10 Å². The quantitative estimate of drug-likeness (QED) is 0.0983. The highest BCUT2D eigenvalue weighted by molar-refractivity contribution is 5.98. The lowest BCUT2D eigenvalue weighted by molar-refractivity contribution is -0.159. The Morgan fingerprint density at radius 3 is 0.733 bits per heavy atom. The minimum absolute atomic E-state index is 0.0120. The third kappa shape index (κ3) is 23.7. The molecule has 25 heteroatoms. The molecule has 4 fully saturated rings. The SMILES string of the molecule is CC(C)[C@@H]1NC(=O)[C@H](C)OC(=O)[C@@H](C(C)C)NC(=O)[C@@H](CC2CCCCC2)NC(=O)[C@H]([C@@H](C)O)NC(=O)[C@H](C)OC(=O)[C@@H](C(C)C)NC(=O)[C@@H](CC2CCCCC2)NC(=O)[C@H](C(C)C)NC(=O)[C@H](C)OC(=O)[C@@H](C(C)C)NC(=O)[C@@H](CC2CCCCC2)NC1=O. The van der Waals surface area contributed by atoms with Gasteiger partial charge in [-0.2, -0.15) is 0 Å². The van der Waals surface area contributed by atoms with E-state index in [2.05, 4.69) is 47.9 Å². The first-order valence-electron chi connectivity index (χ1n) is 33.3. The number of aliphatic hydroxyl groups is 1. The van der Waals surface area contributed by atoms with E-state index < -0.39 is 179 Å². The van der Waals surface area contributed by atoms with Gasteiger partial charge in [-0.3, -0.25) is 43.2 Å². The number of amides is 9. The van der Waals surface area contributed by atoms with Crippen LogP contribution in [0.3, 0.4) is 0 Å². The Bertz CT molecular complexity index is 2170. The summed E-state index contributed by atoms with van der Waals surface area (Å²) in [6.45, 7) is 21.6. The van der Waals surface area contributed by atoms with Gasteiger partial charge in [-0.1, -0.05) is 166 Å². The molecule has 9 amide bonds. The van der Waals surface area contributed by atoms with Gasteiger partial charge in [0, 0.05) is 0 Å². The molecule has 1 saturated heterocycles. The van der Waals surface area contributed by atoms with Gasteiger partial charge in [0.15, 0.2) is 18.3 Å². The summed E-state index contributed by atoms with van der Waals surface area (Å²) in [6, 6.07) is -12.0. The van der Waals surface area contributed by atoms with Crippen LogP contribution in [0.5, 0.6) is 0 Å². The van der Waals surface area contributed by atoms with Crippen molar-refractivity contribution in [2.75, 3.05) is 0 Å². The van der Waals surface area contributed by atoms with Gasteiger partial charge in [0.1, 0.15) is 54.4 Å². The van der Waals surface area contributed by atoms with E-state index in [0.717, 1.165) is 96.3 Å². The largest absolute Gasteiger partial charge is 0.451 e. The van der Waals surface area contributed by atoms with E-state index in [1.54, 1.807) is 69.2 Å². The normalized spacial score (nSPS) is 30.4. The van der Waals surface area contributed by atoms with E-state index in [1.807, 2.05) is 0 Å². The molecular formula is C65H109N9O16. The molecule has 0 aromatic carbocycles. The number of hydrogen-bond acceptors (Lipinski definition) is 16. The molecular weight excluding hydrogens is 1160 g/mol. The molecule has 90 heavy (non-hydrogen) atoms. The first kappa shape index (κ1) is 76.1. The van der Waals surface area contributed by atoms with E-state index >= 15 is 0 Å². The maximum absolute atomic E-state index is 14.5. The van der Waals surface area contributed by atoms with Crippen LogP contribution < -0.4 is 47.9 Å². The number of hydrogen-bond donors (Lipinski definition) is 10.